The Kier molecular flexibility index (Phi) is 3.62. The van der Waals surface area contributed by atoms with Crippen molar-refractivity contribution in [2.75, 3.05) is 6.54 Å². The van der Waals surface area contributed by atoms with E-state index in [9.17, 15) is 0 Å². The van der Waals surface area contributed by atoms with Crippen LogP contribution in [0.15, 0.2) is 28.8 Å². The maximum Gasteiger partial charge on any atom is 0.138 e. The fraction of sp³-hybridized carbons (Fsp3) is 0.471. The number of benzene rings is 1. The number of aryl methyl sites for hydroxylation is 3. The average molecular weight is 270 g/mol. The van der Waals surface area contributed by atoms with Crippen molar-refractivity contribution in [3.05, 3.63) is 52.4 Å². The van der Waals surface area contributed by atoms with Crippen molar-refractivity contribution >= 4 is 0 Å². The van der Waals surface area contributed by atoms with Crippen LogP contribution in [-0.2, 0) is 6.54 Å². The second-order valence-corrected chi connectivity index (χ2v) is 5.86. The summed E-state index contributed by atoms with van der Waals surface area (Å²) in [6.07, 6.45) is 2.45. The highest BCUT2D eigenvalue weighted by atomic mass is 16.5. The van der Waals surface area contributed by atoms with Gasteiger partial charge in [0.15, 0.2) is 0 Å². The summed E-state index contributed by atoms with van der Waals surface area (Å²) in [6, 6.07) is 9.25. The van der Waals surface area contributed by atoms with Gasteiger partial charge in [0.2, 0.25) is 0 Å². The molecule has 0 amide bonds. The van der Waals surface area contributed by atoms with E-state index in [1.54, 1.807) is 0 Å². The molecule has 0 N–H and O–H groups in total. The van der Waals surface area contributed by atoms with Gasteiger partial charge in [0.05, 0.1) is 5.69 Å². The molecule has 1 saturated heterocycles. The zero-order valence-corrected chi connectivity index (χ0v) is 12.5. The largest absolute Gasteiger partial charge is 0.361 e. The minimum Gasteiger partial charge on any atom is -0.361 e. The molecule has 0 unspecified atom stereocenters. The Morgan fingerprint density at radius 2 is 2.15 bits per heavy atom. The summed E-state index contributed by atoms with van der Waals surface area (Å²) >= 11 is 0. The number of nitrogens with zero attached hydrogens (tertiary/aromatic N) is 2. The van der Waals surface area contributed by atoms with Gasteiger partial charge in [0, 0.05) is 18.2 Å². The third-order valence-electron chi connectivity index (χ3n) is 4.25. The Balaban J connectivity index is 1.83. The van der Waals surface area contributed by atoms with Crippen molar-refractivity contribution in [3.8, 4) is 0 Å². The Labute approximate surface area is 120 Å². The Morgan fingerprint density at radius 1 is 1.30 bits per heavy atom. The van der Waals surface area contributed by atoms with Crippen LogP contribution in [0.4, 0.5) is 0 Å². The maximum atomic E-state index is 5.35. The highest BCUT2D eigenvalue weighted by Crippen LogP contribution is 2.36. The SMILES string of the molecule is Cc1cccc(CN2CCC[C@H]2c2c(C)noc2C)c1. The molecule has 106 valence electrons. The first kappa shape index (κ1) is 13.4. The molecule has 3 nitrogen and oxygen atoms in total. The van der Waals surface area contributed by atoms with E-state index in [-0.39, 0.29) is 0 Å². The van der Waals surface area contributed by atoms with Gasteiger partial charge in [-0.25, -0.2) is 0 Å². The van der Waals surface area contributed by atoms with Crippen molar-refractivity contribution in [3.63, 3.8) is 0 Å². The molecule has 1 aliphatic heterocycles. The quantitative estimate of drug-likeness (QED) is 0.846. The molecule has 2 aromatic rings. The molecule has 3 heteroatoms. The minimum absolute atomic E-state index is 0.460. The first-order chi connectivity index (χ1) is 9.65. The van der Waals surface area contributed by atoms with Crippen LogP contribution in [0.25, 0.3) is 0 Å². The third kappa shape index (κ3) is 2.50. The fourth-order valence-corrected chi connectivity index (χ4v) is 3.35. The van der Waals surface area contributed by atoms with Crippen molar-refractivity contribution in [2.45, 2.75) is 46.2 Å². The van der Waals surface area contributed by atoms with Gasteiger partial charge in [-0.05, 0) is 45.7 Å². The molecular weight excluding hydrogens is 248 g/mol. The van der Waals surface area contributed by atoms with Gasteiger partial charge in [-0.2, -0.15) is 0 Å². The predicted octanol–water partition coefficient (Wildman–Crippen LogP) is 3.94. The molecule has 1 atom stereocenters. The van der Waals surface area contributed by atoms with Crippen molar-refractivity contribution in [2.24, 2.45) is 0 Å². The van der Waals surface area contributed by atoms with Gasteiger partial charge < -0.3 is 4.52 Å². The molecule has 0 radical (unpaired) electrons. The lowest BCUT2D eigenvalue weighted by atomic mass is 10.0. The highest BCUT2D eigenvalue weighted by Gasteiger charge is 2.30. The van der Waals surface area contributed by atoms with Crippen LogP contribution in [-0.4, -0.2) is 16.6 Å². The lowest BCUT2D eigenvalue weighted by Crippen LogP contribution is -2.23. The number of aromatic nitrogens is 1. The molecule has 1 aromatic carbocycles. The second-order valence-electron chi connectivity index (χ2n) is 5.86. The van der Waals surface area contributed by atoms with Crippen LogP contribution in [0.3, 0.4) is 0 Å². The van der Waals surface area contributed by atoms with Crippen molar-refractivity contribution in [1.82, 2.24) is 10.1 Å². The molecule has 0 spiro atoms. The molecule has 1 fully saturated rings. The van der Waals surface area contributed by atoms with Gasteiger partial charge >= 0.3 is 0 Å². The van der Waals surface area contributed by atoms with Gasteiger partial charge in [-0.3, -0.25) is 4.90 Å². The van der Waals surface area contributed by atoms with E-state index in [2.05, 4.69) is 48.2 Å². The number of likely N-dealkylation sites (tertiary alicyclic amines) is 1. The van der Waals surface area contributed by atoms with Crippen LogP contribution in [0.2, 0.25) is 0 Å². The minimum atomic E-state index is 0.460. The summed E-state index contributed by atoms with van der Waals surface area (Å²) in [5.41, 5.74) is 5.07. The number of hydrogen-bond donors (Lipinski definition) is 0. The topological polar surface area (TPSA) is 29.3 Å². The summed E-state index contributed by atoms with van der Waals surface area (Å²) in [6.45, 7) is 8.39. The van der Waals surface area contributed by atoms with Crippen molar-refractivity contribution in [1.29, 1.82) is 0 Å². The molecule has 2 heterocycles. The van der Waals surface area contributed by atoms with E-state index in [1.165, 1.54) is 29.5 Å². The lowest BCUT2D eigenvalue weighted by Gasteiger charge is -2.24. The molecule has 20 heavy (non-hydrogen) atoms. The van der Waals surface area contributed by atoms with Crippen LogP contribution in [0, 0.1) is 20.8 Å². The second kappa shape index (κ2) is 5.41. The Hall–Kier alpha value is -1.61. The van der Waals surface area contributed by atoms with Crippen LogP contribution >= 0.6 is 0 Å². The molecular formula is C17H22N2O. The highest BCUT2D eigenvalue weighted by molar-refractivity contribution is 5.27. The lowest BCUT2D eigenvalue weighted by molar-refractivity contribution is 0.245. The average Bonchev–Trinajstić information content (AvgIpc) is 2.97. The zero-order chi connectivity index (χ0) is 14.1. The van der Waals surface area contributed by atoms with E-state index in [0.717, 1.165) is 24.5 Å². The van der Waals surface area contributed by atoms with E-state index < -0.39 is 0 Å². The maximum absolute atomic E-state index is 5.35. The van der Waals surface area contributed by atoms with E-state index >= 15 is 0 Å². The first-order valence-corrected chi connectivity index (χ1v) is 7.37. The molecule has 0 aliphatic carbocycles. The zero-order valence-electron chi connectivity index (χ0n) is 12.5. The van der Waals surface area contributed by atoms with Crippen LogP contribution < -0.4 is 0 Å². The van der Waals surface area contributed by atoms with E-state index in [4.69, 9.17) is 4.52 Å². The first-order valence-electron chi connectivity index (χ1n) is 7.37. The van der Waals surface area contributed by atoms with Crippen molar-refractivity contribution < 1.29 is 4.52 Å². The summed E-state index contributed by atoms with van der Waals surface area (Å²) < 4.78 is 5.35. The smallest absolute Gasteiger partial charge is 0.138 e. The normalized spacial score (nSPS) is 19.6. The Bertz CT molecular complexity index is 583. The van der Waals surface area contributed by atoms with Gasteiger partial charge in [0.1, 0.15) is 5.76 Å². The van der Waals surface area contributed by atoms with Crippen LogP contribution in [0.5, 0.6) is 0 Å². The Morgan fingerprint density at radius 3 is 2.85 bits per heavy atom. The predicted molar refractivity (Wildman–Crippen MR) is 79.5 cm³/mol. The number of rotatable bonds is 3. The summed E-state index contributed by atoms with van der Waals surface area (Å²) in [5.74, 6) is 0.976. The van der Waals surface area contributed by atoms with E-state index in [0.29, 0.717) is 6.04 Å². The standard InChI is InChI=1S/C17H22N2O/c1-12-6-4-7-15(10-12)11-19-9-5-8-16(19)17-13(2)18-20-14(17)3/h4,6-7,10,16H,5,8-9,11H2,1-3H3/t16-/m0/s1. The molecule has 1 aromatic heterocycles. The van der Waals surface area contributed by atoms with Gasteiger partial charge in [-0.15, -0.1) is 0 Å². The molecule has 0 saturated carbocycles. The monoisotopic (exact) mass is 270 g/mol. The fourth-order valence-electron chi connectivity index (χ4n) is 3.35. The molecule has 1 aliphatic rings. The summed E-state index contributed by atoms with van der Waals surface area (Å²) in [4.78, 5) is 2.56. The molecule has 0 bridgehead atoms. The summed E-state index contributed by atoms with van der Waals surface area (Å²) in [5, 5.41) is 4.11. The summed E-state index contributed by atoms with van der Waals surface area (Å²) in [7, 11) is 0. The van der Waals surface area contributed by atoms with Crippen LogP contribution in [0.1, 0.15) is 47.0 Å². The third-order valence-corrected chi connectivity index (χ3v) is 4.25. The van der Waals surface area contributed by atoms with E-state index in [1.807, 2.05) is 6.92 Å². The van der Waals surface area contributed by atoms with Gasteiger partial charge in [0.25, 0.3) is 0 Å². The number of hydrogen-bond acceptors (Lipinski definition) is 3. The molecule has 3 rings (SSSR count). The van der Waals surface area contributed by atoms with Gasteiger partial charge in [-0.1, -0.05) is 35.0 Å².